The van der Waals surface area contributed by atoms with Crippen LogP contribution in [0.5, 0.6) is 5.75 Å². The smallest absolute Gasteiger partial charge is 0.341 e. The molecule has 31 heavy (non-hydrogen) atoms. The molecule has 4 atom stereocenters. The van der Waals surface area contributed by atoms with Gasteiger partial charge in [0.05, 0.1) is 24.1 Å². The van der Waals surface area contributed by atoms with Crippen molar-refractivity contribution < 1.29 is 23.4 Å². The Kier molecular flexibility index (Phi) is 3.54. The van der Waals surface area contributed by atoms with Gasteiger partial charge < -0.3 is 25.0 Å². The van der Waals surface area contributed by atoms with Crippen LogP contribution in [0.15, 0.2) is 17.1 Å². The Labute approximate surface area is 176 Å². The largest absolute Gasteiger partial charge is 0.492 e. The maximum absolute atomic E-state index is 15.4. The molecule has 1 aromatic heterocycles. The lowest BCUT2D eigenvalue weighted by Crippen LogP contribution is -2.61. The number of hydrogen-bond acceptors (Lipinski definition) is 5. The van der Waals surface area contributed by atoms with Crippen LogP contribution < -0.4 is 20.8 Å². The van der Waals surface area contributed by atoms with Crippen LogP contribution in [0.4, 0.5) is 14.5 Å². The Balaban J connectivity index is 1.57. The van der Waals surface area contributed by atoms with Gasteiger partial charge in [-0.05, 0) is 30.7 Å². The zero-order valence-corrected chi connectivity index (χ0v) is 17.0. The minimum absolute atomic E-state index is 0.123. The van der Waals surface area contributed by atoms with Crippen molar-refractivity contribution in [3.8, 4) is 5.75 Å². The van der Waals surface area contributed by atoms with Crippen molar-refractivity contribution in [3.05, 3.63) is 33.9 Å². The highest BCUT2D eigenvalue weighted by Gasteiger charge is 2.70. The number of aromatic nitrogens is 1. The van der Waals surface area contributed by atoms with Crippen molar-refractivity contribution in [1.29, 1.82) is 0 Å². The summed E-state index contributed by atoms with van der Waals surface area (Å²) in [5, 5.41) is 9.31. The Hall–Kier alpha value is -2.68. The van der Waals surface area contributed by atoms with E-state index in [0.29, 0.717) is 13.1 Å². The third-order valence-corrected chi connectivity index (χ3v) is 7.88. The van der Waals surface area contributed by atoms with Gasteiger partial charge in [0.15, 0.2) is 11.6 Å². The molecule has 3 aliphatic carbocycles. The summed E-state index contributed by atoms with van der Waals surface area (Å²) >= 11 is 0. The third-order valence-electron chi connectivity index (χ3n) is 7.88. The molecule has 2 heterocycles. The average Bonchev–Trinajstić information content (AvgIpc) is 3.62. The van der Waals surface area contributed by atoms with Gasteiger partial charge in [0.25, 0.3) is 0 Å². The maximum atomic E-state index is 15.4. The van der Waals surface area contributed by atoms with Gasteiger partial charge in [-0.15, -0.1) is 0 Å². The normalized spacial score (nSPS) is 32.1. The lowest BCUT2D eigenvalue weighted by Gasteiger charge is -2.49. The van der Waals surface area contributed by atoms with Crippen LogP contribution in [-0.4, -0.2) is 47.6 Å². The number of benzene rings is 1. The van der Waals surface area contributed by atoms with Gasteiger partial charge in [-0.1, -0.05) is 0 Å². The Bertz CT molecular complexity index is 1220. The summed E-state index contributed by atoms with van der Waals surface area (Å²) in [6.45, 7) is 1.08. The van der Waals surface area contributed by atoms with Gasteiger partial charge in [-0.2, -0.15) is 0 Å². The number of carbonyl (C=O) groups is 1. The van der Waals surface area contributed by atoms with Crippen molar-refractivity contribution in [2.75, 3.05) is 25.1 Å². The van der Waals surface area contributed by atoms with Crippen LogP contribution in [0, 0.1) is 17.2 Å². The van der Waals surface area contributed by atoms with E-state index < -0.39 is 35.0 Å². The standard InChI is InChI=1S/C22H23F2N3O4/c1-31-19-16-10(18(28)11(20(29)30)6-27(16)14-5-12(14)23)4-13(24)17(19)26-7-15-21(2-3-21)8-22(15,25)9-26/h4,6,12,14-15H,2-3,5,7-9,25H2,1H3,(H,29,30)/t12-,14+,15-,22+/m0/s1. The second kappa shape index (κ2) is 5.76. The first-order valence-corrected chi connectivity index (χ1v) is 10.6. The summed E-state index contributed by atoms with van der Waals surface area (Å²) < 4.78 is 36.5. The summed E-state index contributed by atoms with van der Waals surface area (Å²) in [6.07, 6.45) is 3.43. The van der Waals surface area contributed by atoms with E-state index in [9.17, 15) is 19.1 Å². The molecule has 4 fully saturated rings. The molecule has 0 unspecified atom stereocenters. The summed E-state index contributed by atoms with van der Waals surface area (Å²) in [7, 11) is 1.38. The molecule has 9 heteroatoms. The molecule has 1 spiro atoms. The molecule has 1 aliphatic heterocycles. The number of methoxy groups -OCH3 is 1. The third kappa shape index (κ3) is 2.41. The molecular formula is C22H23F2N3O4. The van der Waals surface area contributed by atoms with Gasteiger partial charge >= 0.3 is 5.97 Å². The number of halogens is 2. The highest BCUT2D eigenvalue weighted by atomic mass is 19.1. The molecule has 6 rings (SSSR count). The number of anilines is 1. The van der Waals surface area contributed by atoms with Crippen molar-refractivity contribution in [2.24, 2.45) is 17.1 Å². The molecular weight excluding hydrogens is 408 g/mol. The molecule has 1 saturated heterocycles. The van der Waals surface area contributed by atoms with E-state index in [2.05, 4.69) is 0 Å². The molecule has 164 valence electrons. The van der Waals surface area contributed by atoms with Crippen molar-refractivity contribution >= 4 is 22.6 Å². The summed E-state index contributed by atoms with van der Waals surface area (Å²) in [6, 6.07) is 0.448. The number of alkyl halides is 1. The Morgan fingerprint density at radius 2 is 2.10 bits per heavy atom. The molecule has 7 nitrogen and oxygen atoms in total. The molecule has 3 N–H and O–H groups in total. The molecule has 3 saturated carbocycles. The minimum atomic E-state index is -1.43. The van der Waals surface area contributed by atoms with Crippen LogP contribution in [0.2, 0.25) is 0 Å². The van der Waals surface area contributed by atoms with E-state index in [-0.39, 0.29) is 45.6 Å². The van der Waals surface area contributed by atoms with Crippen molar-refractivity contribution in [2.45, 2.75) is 43.4 Å². The lowest BCUT2D eigenvalue weighted by molar-refractivity contribution is 0.0619. The topological polar surface area (TPSA) is 97.8 Å². The fourth-order valence-electron chi connectivity index (χ4n) is 6.20. The summed E-state index contributed by atoms with van der Waals surface area (Å²) in [4.78, 5) is 26.3. The fourth-order valence-corrected chi connectivity index (χ4v) is 6.20. The lowest BCUT2D eigenvalue weighted by atomic mass is 9.59. The number of pyridine rings is 1. The van der Waals surface area contributed by atoms with Gasteiger partial charge in [0, 0.05) is 37.2 Å². The highest BCUT2D eigenvalue weighted by Crippen LogP contribution is 2.70. The first-order chi connectivity index (χ1) is 14.7. The number of nitrogens with two attached hydrogens (primary N) is 1. The van der Waals surface area contributed by atoms with E-state index in [0.717, 1.165) is 31.5 Å². The van der Waals surface area contributed by atoms with Gasteiger partial charge in [0.1, 0.15) is 17.4 Å². The van der Waals surface area contributed by atoms with E-state index in [1.807, 2.05) is 4.90 Å². The predicted octanol–water partition coefficient (Wildman–Crippen LogP) is 2.45. The Morgan fingerprint density at radius 3 is 2.68 bits per heavy atom. The number of carboxylic acid groups (broad SMARTS) is 1. The molecule has 2 aromatic rings. The molecule has 4 aliphatic rings. The number of fused-ring (bicyclic) bond motifs is 3. The van der Waals surface area contributed by atoms with E-state index >= 15 is 4.39 Å². The number of aromatic carboxylic acids is 1. The van der Waals surface area contributed by atoms with Crippen LogP contribution in [0.1, 0.15) is 42.1 Å². The van der Waals surface area contributed by atoms with Crippen LogP contribution in [0.3, 0.4) is 0 Å². The van der Waals surface area contributed by atoms with E-state index in [1.54, 1.807) is 0 Å². The van der Waals surface area contributed by atoms with Crippen molar-refractivity contribution in [3.63, 3.8) is 0 Å². The van der Waals surface area contributed by atoms with Crippen LogP contribution >= 0.6 is 0 Å². The molecule has 0 bridgehead atoms. The zero-order valence-electron chi connectivity index (χ0n) is 17.0. The number of ether oxygens (including phenoxy) is 1. The van der Waals surface area contributed by atoms with Gasteiger partial charge in [-0.25, -0.2) is 13.6 Å². The fraction of sp³-hybridized carbons (Fsp3) is 0.545. The molecule has 1 aromatic carbocycles. The molecule has 0 radical (unpaired) electrons. The average molecular weight is 431 g/mol. The number of rotatable bonds is 4. The predicted molar refractivity (Wildman–Crippen MR) is 109 cm³/mol. The molecule has 0 amide bonds. The SMILES string of the molecule is COc1c(N2C[C@H]3C4(CC4)C[C@@]3(N)C2)c(F)cc2c(=O)c(C(=O)O)cn([C@@H]3C[C@@H]3F)c12. The van der Waals surface area contributed by atoms with Gasteiger partial charge in [-0.3, -0.25) is 4.79 Å². The first-order valence-electron chi connectivity index (χ1n) is 10.6. The second-order valence-corrected chi connectivity index (χ2v) is 9.75. The first kappa shape index (κ1) is 19.0. The highest BCUT2D eigenvalue weighted by molar-refractivity contribution is 5.97. The van der Waals surface area contributed by atoms with Crippen LogP contribution in [0.25, 0.3) is 10.9 Å². The number of carboxylic acids is 1. The van der Waals surface area contributed by atoms with Gasteiger partial charge in [0.2, 0.25) is 5.43 Å². The van der Waals surface area contributed by atoms with E-state index in [4.69, 9.17) is 10.5 Å². The second-order valence-electron chi connectivity index (χ2n) is 9.75. The number of nitrogens with zero attached hydrogens (tertiary/aromatic N) is 2. The summed E-state index contributed by atoms with van der Waals surface area (Å²) in [5.41, 5.74) is 5.64. The minimum Gasteiger partial charge on any atom is -0.492 e. The quantitative estimate of drug-likeness (QED) is 0.772. The number of hydrogen-bond donors (Lipinski definition) is 2. The monoisotopic (exact) mass is 431 g/mol. The zero-order chi connectivity index (χ0) is 21.9. The van der Waals surface area contributed by atoms with Crippen molar-refractivity contribution in [1.82, 2.24) is 4.57 Å². The van der Waals surface area contributed by atoms with Crippen LogP contribution in [-0.2, 0) is 0 Å². The summed E-state index contributed by atoms with van der Waals surface area (Å²) in [5.74, 6) is -1.69. The Morgan fingerprint density at radius 1 is 1.39 bits per heavy atom. The maximum Gasteiger partial charge on any atom is 0.341 e. The van der Waals surface area contributed by atoms with E-state index in [1.165, 1.54) is 11.7 Å².